The number of rotatable bonds is 4. The van der Waals surface area contributed by atoms with E-state index < -0.39 is 5.97 Å². The number of carboxylic acid groups (broad SMARTS) is 1. The number of aromatic nitrogens is 2. The van der Waals surface area contributed by atoms with Gasteiger partial charge < -0.3 is 15.3 Å². The van der Waals surface area contributed by atoms with Gasteiger partial charge >= 0.3 is 12.0 Å². The summed E-state index contributed by atoms with van der Waals surface area (Å²) in [5.41, 5.74) is 2.29. The molecular formula is C14H16N4O3. The first-order valence-electron chi connectivity index (χ1n) is 6.31. The summed E-state index contributed by atoms with van der Waals surface area (Å²) in [5.74, 6) is -1.03. The van der Waals surface area contributed by atoms with Gasteiger partial charge in [-0.1, -0.05) is 6.07 Å². The minimum Gasteiger partial charge on any atom is -0.478 e. The fraction of sp³-hybridized carbons (Fsp3) is 0.214. The maximum atomic E-state index is 12.1. The molecule has 3 N–H and O–H groups in total. The Morgan fingerprint density at radius 3 is 2.81 bits per heavy atom. The van der Waals surface area contributed by atoms with Crippen molar-refractivity contribution in [3.63, 3.8) is 0 Å². The van der Waals surface area contributed by atoms with Gasteiger partial charge in [-0.3, -0.25) is 5.10 Å². The van der Waals surface area contributed by atoms with Crippen LogP contribution < -0.4 is 5.32 Å². The first-order valence-corrected chi connectivity index (χ1v) is 6.31. The number of benzene rings is 1. The number of nitrogens with one attached hydrogen (secondary N) is 2. The summed E-state index contributed by atoms with van der Waals surface area (Å²) in [6.07, 6.45) is 3.35. The van der Waals surface area contributed by atoms with E-state index in [4.69, 9.17) is 5.11 Å². The first-order chi connectivity index (χ1) is 9.97. The second kappa shape index (κ2) is 6.08. The van der Waals surface area contributed by atoms with Crippen LogP contribution in [-0.4, -0.2) is 39.3 Å². The SMILES string of the molecule is Cc1ccc(C(=O)O)cc1NC(=O)N(C)Cc1cn[nH]c1. The van der Waals surface area contributed by atoms with Crippen molar-refractivity contribution < 1.29 is 14.7 Å². The number of carboxylic acids is 1. The fourth-order valence-electron chi connectivity index (χ4n) is 1.81. The zero-order valence-electron chi connectivity index (χ0n) is 11.8. The lowest BCUT2D eigenvalue weighted by Gasteiger charge is -2.18. The number of hydrogen-bond acceptors (Lipinski definition) is 3. The highest BCUT2D eigenvalue weighted by Gasteiger charge is 2.13. The lowest BCUT2D eigenvalue weighted by Crippen LogP contribution is -2.31. The number of urea groups is 1. The molecule has 2 amide bonds. The van der Waals surface area contributed by atoms with E-state index in [1.165, 1.54) is 17.0 Å². The van der Waals surface area contributed by atoms with Crippen LogP contribution in [0.4, 0.5) is 10.5 Å². The van der Waals surface area contributed by atoms with E-state index >= 15 is 0 Å². The molecule has 0 atom stereocenters. The van der Waals surface area contributed by atoms with Gasteiger partial charge in [-0.25, -0.2) is 9.59 Å². The van der Waals surface area contributed by atoms with Crippen LogP contribution in [-0.2, 0) is 6.54 Å². The number of anilines is 1. The predicted octanol–water partition coefficient (Wildman–Crippen LogP) is 2.08. The summed E-state index contributed by atoms with van der Waals surface area (Å²) < 4.78 is 0. The molecule has 110 valence electrons. The van der Waals surface area contributed by atoms with Crippen LogP contribution in [0.25, 0.3) is 0 Å². The maximum Gasteiger partial charge on any atom is 0.335 e. The number of aromatic carboxylic acids is 1. The number of amides is 2. The number of carbonyl (C=O) groups is 2. The Kier molecular flexibility index (Phi) is 4.22. The number of aromatic amines is 1. The molecular weight excluding hydrogens is 272 g/mol. The summed E-state index contributed by atoms with van der Waals surface area (Å²) in [6.45, 7) is 2.21. The second-order valence-electron chi connectivity index (χ2n) is 4.73. The molecule has 2 aromatic rings. The van der Waals surface area contributed by atoms with E-state index in [1.54, 1.807) is 32.4 Å². The third-order valence-electron chi connectivity index (χ3n) is 3.05. The van der Waals surface area contributed by atoms with E-state index in [-0.39, 0.29) is 11.6 Å². The van der Waals surface area contributed by atoms with Crippen LogP contribution >= 0.6 is 0 Å². The van der Waals surface area contributed by atoms with Gasteiger partial charge in [-0.15, -0.1) is 0 Å². The van der Waals surface area contributed by atoms with Crippen LogP contribution in [0.1, 0.15) is 21.5 Å². The predicted molar refractivity (Wildman–Crippen MR) is 77.2 cm³/mol. The molecule has 0 saturated carbocycles. The van der Waals surface area contributed by atoms with Gasteiger partial charge in [0.25, 0.3) is 0 Å². The molecule has 0 aliphatic carbocycles. The summed E-state index contributed by atoms with van der Waals surface area (Å²) in [6, 6.07) is 4.29. The van der Waals surface area contributed by atoms with Crippen molar-refractivity contribution in [1.82, 2.24) is 15.1 Å². The van der Waals surface area contributed by atoms with Gasteiger partial charge in [-0.05, 0) is 24.6 Å². The van der Waals surface area contributed by atoms with Crippen LogP contribution in [0.2, 0.25) is 0 Å². The monoisotopic (exact) mass is 288 g/mol. The van der Waals surface area contributed by atoms with Gasteiger partial charge in [0.1, 0.15) is 0 Å². The van der Waals surface area contributed by atoms with E-state index in [1.807, 2.05) is 0 Å². The van der Waals surface area contributed by atoms with Crippen molar-refractivity contribution in [2.75, 3.05) is 12.4 Å². The Morgan fingerprint density at radius 1 is 1.43 bits per heavy atom. The average Bonchev–Trinajstić information content (AvgIpc) is 2.93. The van der Waals surface area contributed by atoms with Crippen molar-refractivity contribution in [3.05, 3.63) is 47.3 Å². The van der Waals surface area contributed by atoms with Gasteiger partial charge in [0.2, 0.25) is 0 Å². The third-order valence-corrected chi connectivity index (χ3v) is 3.05. The molecule has 21 heavy (non-hydrogen) atoms. The quantitative estimate of drug-likeness (QED) is 0.802. The Labute approximate surface area is 121 Å². The molecule has 7 nitrogen and oxygen atoms in total. The summed E-state index contributed by atoms with van der Waals surface area (Å²) in [4.78, 5) is 24.6. The lowest BCUT2D eigenvalue weighted by atomic mass is 10.1. The molecule has 0 saturated heterocycles. The molecule has 0 unspecified atom stereocenters. The summed E-state index contributed by atoms with van der Waals surface area (Å²) >= 11 is 0. The Bertz CT molecular complexity index is 652. The Balaban J connectivity index is 2.08. The van der Waals surface area contributed by atoms with Crippen molar-refractivity contribution in [3.8, 4) is 0 Å². The Hall–Kier alpha value is -2.83. The first kappa shape index (κ1) is 14.6. The van der Waals surface area contributed by atoms with Crippen molar-refractivity contribution in [2.24, 2.45) is 0 Å². The van der Waals surface area contributed by atoms with Crippen LogP contribution in [0.5, 0.6) is 0 Å². The minimum atomic E-state index is -1.03. The average molecular weight is 288 g/mol. The highest BCUT2D eigenvalue weighted by atomic mass is 16.4. The molecule has 7 heteroatoms. The second-order valence-corrected chi connectivity index (χ2v) is 4.73. The molecule has 1 aromatic carbocycles. The molecule has 0 aliphatic heterocycles. The number of aryl methyl sites for hydroxylation is 1. The standard InChI is InChI=1S/C14H16N4O3/c1-9-3-4-11(13(19)20)5-12(9)17-14(21)18(2)8-10-6-15-16-7-10/h3-7H,8H2,1-2H3,(H,15,16)(H,17,21)(H,19,20). The van der Waals surface area contributed by atoms with Gasteiger partial charge in [0, 0.05) is 24.5 Å². The van der Waals surface area contributed by atoms with Gasteiger partial charge in [-0.2, -0.15) is 5.10 Å². The maximum absolute atomic E-state index is 12.1. The van der Waals surface area contributed by atoms with E-state index in [2.05, 4.69) is 15.5 Å². The highest BCUT2D eigenvalue weighted by molar-refractivity contribution is 5.93. The number of hydrogen-bond donors (Lipinski definition) is 3. The molecule has 0 aliphatic rings. The smallest absolute Gasteiger partial charge is 0.335 e. The third kappa shape index (κ3) is 3.59. The lowest BCUT2D eigenvalue weighted by molar-refractivity contribution is 0.0697. The zero-order valence-corrected chi connectivity index (χ0v) is 11.8. The van der Waals surface area contributed by atoms with Crippen molar-refractivity contribution in [2.45, 2.75) is 13.5 Å². The molecule has 0 fully saturated rings. The van der Waals surface area contributed by atoms with Gasteiger partial charge in [0.15, 0.2) is 0 Å². The Morgan fingerprint density at radius 2 is 2.19 bits per heavy atom. The van der Waals surface area contributed by atoms with E-state index in [0.717, 1.165) is 11.1 Å². The molecule has 1 aromatic heterocycles. The fourth-order valence-corrected chi connectivity index (χ4v) is 1.81. The molecule has 1 heterocycles. The molecule has 0 radical (unpaired) electrons. The zero-order chi connectivity index (χ0) is 15.4. The minimum absolute atomic E-state index is 0.133. The molecule has 0 spiro atoms. The number of nitrogens with zero attached hydrogens (tertiary/aromatic N) is 2. The van der Waals surface area contributed by atoms with Crippen LogP contribution in [0, 0.1) is 6.92 Å². The van der Waals surface area contributed by atoms with Crippen LogP contribution in [0.3, 0.4) is 0 Å². The van der Waals surface area contributed by atoms with Gasteiger partial charge in [0.05, 0.1) is 18.3 Å². The number of carbonyl (C=O) groups excluding carboxylic acids is 1. The molecule has 0 bridgehead atoms. The van der Waals surface area contributed by atoms with E-state index in [9.17, 15) is 9.59 Å². The van der Waals surface area contributed by atoms with E-state index in [0.29, 0.717) is 12.2 Å². The normalized spacial score (nSPS) is 10.2. The largest absolute Gasteiger partial charge is 0.478 e. The van der Waals surface area contributed by atoms with Crippen LogP contribution in [0.15, 0.2) is 30.6 Å². The van der Waals surface area contributed by atoms with Crippen molar-refractivity contribution >= 4 is 17.7 Å². The summed E-state index contributed by atoms with van der Waals surface area (Å²) in [7, 11) is 1.65. The summed E-state index contributed by atoms with van der Waals surface area (Å²) in [5, 5.41) is 18.2. The highest BCUT2D eigenvalue weighted by Crippen LogP contribution is 2.17. The van der Waals surface area contributed by atoms with Crippen molar-refractivity contribution in [1.29, 1.82) is 0 Å². The number of H-pyrrole nitrogens is 1. The molecule has 2 rings (SSSR count). The topological polar surface area (TPSA) is 98.3 Å².